The lowest BCUT2D eigenvalue weighted by Crippen LogP contribution is -2.41. The van der Waals surface area contributed by atoms with Gasteiger partial charge < -0.3 is 9.47 Å². The predicted octanol–water partition coefficient (Wildman–Crippen LogP) is 3.02. The Labute approximate surface area is 148 Å². The third kappa shape index (κ3) is 3.46. The van der Waals surface area contributed by atoms with Crippen LogP contribution in [0.5, 0.6) is 0 Å². The van der Waals surface area contributed by atoms with Crippen molar-refractivity contribution in [2.24, 2.45) is 5.92 Å². The minimum Gasteiger partial charge on any atom is -0.457 e. The molecule has 2 aromatic rings. The molecular weight excluding hydrogens is 314 g/mol. The maximum absolute atomic E-state index is 12.7. The lowest BCUT2D eigenvalue weighted by molar-refractivity contribution is -0.145. The fraction of sp³-hybridized carbons (Fsp3) is 0.381. The Morgan fingerprint density at radius 2 is 1.48 bits per heavy atom. The van der Waals surface area contributed by atoms with Crippen molar-refractivity contribution in [3.05, 3.63) is 71.8 Å². The van der Waals surface area contributed by atoms with E-state index in [4.69, 9.17) is 9.47 Å². The lowest BCUT2D eigenvalue weighted by Gasteiger charge is -2.30. The quantitative estimate of drug-likeness (QED) is 0.804. The number of cyclic esters (lactones) is 1. The van der Waals surface area contributed by atoms with Crippen molar-refractivity contribution in [1.82, 2.24) is 4.90 Å². The van der Waals surface area contributed by atoms with Crippen LogP contribution in [0.2, 0.25) is 0 Å². The smallest absolute Gasteiger partial charge is 0.311 e. The van der Waals surface area contributed by atoms with Gasteiger partial charge >= 0.3 is 5.97 Å². The average molecular weight is 337 g/mol. The summed E-state index contributed by atoms with van der Waals surface area (Å²) in [5.74, 6) is -0.196. The number of morpholine rings is 1. The van der Waals surface area contributed by atoms with Crippen LogP contribution in [0.3, 0.4) is 0 Å². The summed E-state index contributed by atoms with van der Waals surface area (Å²) in [6.07, 6.45) is -0.220. The standard InChI is InChI=1S/C21H23NO3/c23-21-18(15-22-11-13-24-14-12-22)19(16-7-3-1-4-8-16)20(25-21)17-9-5-2-6-10-17/h1-10,18-20H,11-15H2/t18-,19+,20+/m0/s1. The van der Waals surface area contributed by atoms with Crippen LogP contribution in [-0.2, 0) is 14.3 Å². The highest BCUT2D eigenvalue weighted by atomic mass is 16.6. The third-order valence-electron chi connectivity index (χ3n) is 5.18. The van der Waals surface area contributed by atoms with Crippen LogP contribution in [0.15, 0.2) is 60.7 Å². The molecule has 2 aliphatic rings. The van der Waals surface area contributed by atoms with Crippen molar-refractivity contribution in [3.63, 3.8) is 0 Å². The molecule has 0 saturated carbocycles. The van der Waals surface area contributed by atoms with Gasteiger partial charge in [0.15, 0.2) is 0 Å². The van der Waals surface area contributed by atoms with E-state index in [9.17, 15) is 4.79 Å². The zero-order valence-corrected chi connectivity index (χ0v) is 14.2. The van der Waals surface area contributed by atoms with Crippen LogP contribution in [0.25, 0.3) is 0 Å². The van der Waals surface area contributed by atoms with Crippen molar-refractivity contribution in [3.8, 4) is 0 Å². The van der Waals surface area contributed by atoms with Gasteiger partial charge in [-0.25, -0.2) is 0 Å². The van der Waals surface area contributed by atoms with Gasteiger partial charge in [-0.15, -0.1) is 0 Å². The molecule has 4 rings (SSSR count). The SMILES string of the molecule is O=C1O[C@H](c2ccccc2)[C@H](c2ccccc2)[C@@H]1CN1CCOCC1. The fourth-order valence-electron chi connectivity index (χ4n) is 3.89. The van der Waals surface area contributed by atoms with Gasteiger partial charge in [0.2, 0.25) is 0 Å². The topological polar surface area (TPSA) is 38.8 Å². The van der Waals surface area contributed by atoms with E-state index in [2.05, 4.69) is 17.0 Å². The highest BCUT2D eigenvalue weighted by Crippen LogP contribution is 2.46. The van der Waals surface area contributed by atoms with Crippen molar-refractivity contribution >= 4 is 5.97 Å². The summed E-state index contributed by atoms with van der Waals surface area (Å²) in [6, 6.07) is 20.4. The number of hydrogen-bond donors (Lipinski definition) is 0. The van der Waals surface area contributed by atoms with Gasteiger partial charge in [0.25, 0.3) is 0 Å². The molecule has 130 valence electrons. The third-order valence-corrected chi connectivity index (χ3v) is 5.18. The molecule has 4 heteroatoms. The molecule has 2 aromatic carbocycles. The molecule has 0 N–H and O–H groups in total. The zero-order valence-electron chi connectivity index (χ0n) is 14.2. The summed E-state index contributed by atoms with van der Waals surface area (Å²) in [5.41, 5.74) is 2.23. The molecule has 4 nitrogen and oxygen atoms in total. The highest BCUT2D eigenvalue weighted by molar-refractivity contribution is 5.77. The van der Waals surface area contributed by atoms with Crippen molar-refractivity contribution in [1.29, 1.82) is 0 Å². The first-order valence-electron chi connectivity index (χ1n) is 8.93. The second kappa shape index (κ2) is 7.38. The number of hydrogen-bond acceptors (Lipinski definition) is 4. The van der Waals surface area contributed by atoms with E-state index >= 15 is 0 Å². The Bertz CT molecular complexity index is 698. The normalized spacial score (nSPS) is 27.2. The van der Waals surface area contributed by atoms with E-state index in [1.54, 1.807) is 0 Å². The van der Waals surface area contributed by atoms with Crippen LogP contribution >= 0.6 is 0 Å². The largest absolute Gasteiger partial charge is 0.457 e. The van der Waals surface area contributed by atoms with E-state index in [-0.39, 0.29) is 23.9 Å². The summed E-state index contributed by atoms with van der Waals surface area (Å²) in [4.78, 5) is 15.1. The van der Waals surface area contributed by atoms with Crippen molar-refractivity contribution in [2.75, 3.05) is 32.8 Å². The molecule has 0 spiro atoms. The maximum Gasteiger partial charge on any atom is 0.311 e. The van der Waals surface area contributed by atoms with Crippen LogP contribution < -0.4 is 0 Å². The number of benzene rings is 2. The first kappa shape index (κ1) is 16.3. The van der Waals surface area contributed by atoms with Crippen LogP contribution in [0.4, 0.5) is 0 Å². The Kier molecular flexibility index (Phi) is 4.81. The minimum atomic E-state index is -0.220. The summed E-state index contributed by atoms with van der Waals surface area (Å²) in [5, 5.41) is 0. The van der Waals surface area contributed by atoms with Crippen LogP contribution in [0, 0.1) is 5.92 Å². The molecule has 3 atom stereocenters. The summed E-state index contributed by atoms with van der Waals surface area (Å²) in [7, 11) is 0. The van der Waals surface area contributed by atoms with Gasteiger partial charge in [0.1, 0.15) is 6.10 Å². The van der Waals surface area contributed by atoms with Gasteiger partial charge in [0.05, 0.1) is 19.1 Å². The molecule has 2 aliphatic heterocycles. The molecule has 0 aromatic heterocycles. The lowest BCUT2D eigenvalue weighted by atomic mass is 9.81. The van der Waals surface area contributed by atoms with Gasteiger partial charge in [-0.2, -0.15) is 0 Å². The van der Waals surface area contributed by atoms with Crippen LogP contribution in [0.1, 0.15) is 23.1 Å². The summed E-state index contributed by atoms with van der Waals surface area (Å²) >= 11 is 0. The van der Waals surface area contributed by atoms with E-state index in [1.807, 2.05) is 48.5 Å². The second-order valence-electron chi connectivity index (χ2n) is 6.72. The monoisotopic (exact) mass is 337 g/mol. The first-order valence-corrected chi connectivity index (χ1v) is 8.93. The number of esters is 1. The number of rotatable bonds is 4. The molecular formula is C21H23NO3. The Morgan fingerprint density at radius 1 is 0.880 bits per heavy atom. The molecule has 0 radical (unpaired) electrons. The van der Waals surface area contributed by atoms with E-state index in [0.717, 1.165) is 38.4 Å². The Morgan fingerprint density at radius 3 is 2.12 bits per heavy atom. The summed E-state index contributed by atoms with van der Waals surface area (Å²) < 4.78 is 11.3. The Hall–Kier alpha value is -2.17. The van der Waals surface area contributed by atoms with E-state index in [1.165, 1.54) is 5.56 Å². The number of carbonyl (C=O) groups excluding carboxylic acids is 1. The highest BCUT2D eigenvalue weighted by Gasteiger charge is 2.46. The maximum atomic E-state index is 12.7. The molecule has 0 amide bonds. The second-order valence-corrected chi connectivity index (χ2v) is 6.72. The number of ether oxygens (including phenoxy) is 2. The van der Waals surface area contributed by atoms with Gasteiger partial charge in [0, 0.05) is 25.6 Å². The van der Waals surface area contributed by atoms with Crippen molar-refractivity contribution in [2.45, 2.75) is 12.0 Å². The van der Waals surface area contributed by atoms with Gasteiger partial charge in [-0.05, 0) is 11.1 Å². The van der Waals surface area contributed by atoms with Crippen molar-refractivity contribution < 1.29 is 14.3 Å². The minimum absolute atomic E-state index is 0.0407. The molecule has 2 heterocycles. The predicted molar refractivity (Wildman–Crippen MR) is 95.2 cm³/mol. The molecule has 0 aliphatic carbocycles. The fourth-order valence-corrected chi connectivity index (χ4v) is 3.89. The number of nitrogens with zero attached hydrogens (tertiary/aromatic N) is 1. The number of carbonyl (C=O) groups is 1. The van der Waals surface area contributed by atoms with E-state index < -0.39 is 0 Å². The van der Waals surface area contributed by atoms with Gasteiger partial charge in [-0.3, -0.25) is 9.69 Å². The zero-order chi connectivity index (χ0) is 17.1. The summed E-state index contributed by atoms with van der Waals surface area (Å²) in [6.45, 7) is 3.95. The van der Waals surface area contributed by atoms with Gasteiger partial charge in [-0.1, -0.05) is 60.7 Å². The van der Waals surface area contributed by atoms with E-state index in [0.29, 0.717) is 0 Å². The molecule has 0 unspecified atom stereocenters. The van der Waals surface area contributed by atoms with Crippen LogP contribution in [-0.4, -0.2) is 43.7 Å². The Balaban J connectivity index is 1.65. The molecule has 0 bridgehead atoms. The average Bonchev–Trinajstić information content (AvgIpc) is 3.00. The molecule has 2 saturated heterocycles. The molecule has 25 heavy (non-hydrogen) atoms. The molecule has 2 fully saturated rings. The first-order chi connectivity index (χ1) is 12.3.